The molecule has 10 nitrogen and oxygen atoms in total. The molecule has 0 bridgehead atoms. The lowest BCUT2D eigenvalue weighted by Crippen LogP contribution is -2.39. The summed E-state index contributed by atoms with van der Waals surface area (Å²) in [5.74, 6) is -0.159. The van der Waals surface area contributed by atoms with Crippen molar-refractivity contribution in [1.29, 1.82) is 0 Å². The molecule has 10 heteroatoms. The van der Waals surface area contributed by atoms with Crippen molar-refractivity contribution in [2.75, 3.05) is 18.7 Å². The van der Waals surface area contributed by atoms with E-state index in [1.807, 2.05) is 6.92 Å². The van der Waals surface area contributed by atoms with Crippen LogP contribution in [0.4, 0.5) is 5.95 Å². The number of aromatic nitrogens is 4. The molecule has 0 aromatic carbocycles. The van der Waals surface area contributed by atoms with Crippen LogP contribution < -0.4 is 16.3 Å². The van der Waals surface area contributed by atoms with Crippen LogP contribution in [0.15, 0.2) is 14.7 Å². The molecule has 1 atom stereocenters. The van der Waals surface area contributed by atoms with E-state index in [0.717, 1.165) is 4.57 Å². The van der Waals surface area contributed by atoms with E-state index >= 15 is 0 Å². The van der Waals surface area contributed by atoms with Crippen LogP contribution in [0.3, 0.4) is 0 Å². The van der Waals surface area contributed by atoms with Crippen LogP contribution in [0.1, 0.15) is 19.9 Å². The Bertz CT molecular complexity index is 995. The number of carbonyl (C=O) groups excluding carboxylic acids is 1. The Balaban J connectivity index is 2.36. The number of hydrogen-bond acceptors (Lipinski definition) is 7. The number of hydrogen-bond donors (Lipinski definition) is 0. The van der Waals surface area contributed by atoms with E-state index in [4.69, 9.17) is 0 Å². The highest BCUT2D eigenvalue weighted by Crippen LogP contribution is 2.29. The average molecular weight is 334 g/mol. The Morgan fingerprint density at radius 2 is 1.92 bits per heavy atom. The molecule has 0 unspecified atom stereocenters. The fourth-order valence-corrected chi connectivity index (χ4v) is 2.75. The van der Waals surface area contributed by atoms with Gasteiger partial charge in [-0.1, -0.05) is 0 Å². The molecule has 2 aromatic rings. The highest BCUT2D eigenvalue weighted by atomic mass is 16.5. The van der Waals surface area contributed by atoms with E-state index in [2.05, 4.69) is 14.8 Å². The van der Waals surface area contributed by atoms with Crippen molar-refractivity contribution in [3.05, 3.63) is 20.8 Å². The van der Waals surface area contributed by atoms with Gasteiger partial charge in [-0.3, -0.25) is 23.3 Å². The largest absolute Gasteiger partial charge is 0.468 e. The number of fused-ring (bicyclic) bond motifs is 3. The maximum Gasteiger partial charge on any atom is 0.332 e. The smallest absolute Gasteiger partial charge is 0.332 e. The number of methoxy groups -OCH3 is 1. The zero-order valence-electron chi connectivity index (χ0n) is 14.1. The SMILES string of the molecule is COC(=O)CN1N=C(C)[C@@H](C)n2c1nc1c2c(=O)n(C)c(=O)n1C. The fraction of sp³-hybridized carbons (Fsp3) is 0.500. The van der Waals surface area contributed by atoms with Gasteiger partial charge in [-0.05, 0) is 13.8 Å². The van der Waals surface area contributed by atoms with Gasteiger partial charge < -0.3 is 4.74 Å². The normalized spacial score (nSPS) is 17.0. The van der Waals surface area contributed by atoms with Gasteiger partial charge in [0.25, 0.3) is 5.56 Å². The molecule has 1 aliphatic rings. The summed E-state index contributed by atoms with van der Waals surface area (Å²) in [5.41, 5.74) is 0.358. The van der Waals surface area contributed by atoms with Gasteiger partial charge in [-0.2, -0.15) is 10.1 Å². The van der Waals surface area contributed by atoms with Crippen LogP contribution in [0.2, 0.25) is 0 Å². The molecule has 24 heavy (non-hydrogen) atoms. The number of rotatable bonds is 2. The summed E-state index contributed by atoms with van der Waals surface area (Å²) in [5, 5.41) is 5.74. The third-order valence-corrected chi connectivity index (χ3v) is 4.28. The predicted octanol–water partition coefficient (Wildman–Crippen LogP) is -0.636. The number of nitrogens with zero attached hydrogens (tertiary/aromatic N) is 6. The van der Waals surface area contributed by atoms with Crippen molar-refractivity contribution >= 4 is 28.8 Å². The molecule has 0 fully saturated rings. The minimum Gasteiger partial charge on any atom is -0.468 e. The van der Waals surface area contributed by atoms with Crippen LogP contribution in [0, 0.1) is 0 Å². The van der Waals surface area contributed by atoms with Crippen molar-refractivity contribution in [3.8, 4) is 0 Å². The second-order valence-corrected chi connectivity index (χ2v) is 5.71. The molecule has 1 aliphatic heterocycles. The Morgan fingerprint density at radius 1 is 1.25 bits per heavy atom. The number of hydrazone groups is 1. The standard InChI is InChI=1S/C14H18N6O4/c1-7-8(2)20-10-11(17(3)14(23)18(4)12(10)22)15-13(20)19(16-7)6-9(21)24-5/h8H,6H2,1-5H3/t8-/m1/s1. The predicted molar refractivity (Wildman–Crippen MR) is 87.4 cm³/mol. The third-order valence-electron chi connectivity index (χ3n) is 4.28. The summed E-state index contributed by atoms with van der Waals surface area (Å²) in [7, 11) is 4.25. The quantitative estimate of drug-likeness (QED) is 0.677. The Kier molecular flexibility index (Phi) is 3.54. The van der Waals surface area contributed by atoms with Gasteiger partial charge in [-0.15, -0.1) is 0 Å². The Hall–Kier alpha value is -2.91. The van der Waals surface area contributed by atoms with E-state index in [9.17, 15) is 14.4 Å². The highest BCUT2D eigenvalue weighted by molar-refractivity contribution is 5.92. The van der Waals surface area contributed by atoms with E-state index < -0.39 is 17.2 Å². The number of anilines is 1. The molecule has 0 radical (unpaired) electrons. The van der Waals surface area contributed by atoms with Gasteiger partial charge in [0, 0.05) is 14.1 Å². The number of aryl methyl sites for hydroxylation is 1. The lowest BCUT2D eigenvalue weighted by atomic mass is 10.2. The van der Waals surface area contributed by atoms with E-state index in [1.165, 1.54) is 23.7 Å². The van der Waals surface area contributed by atoms with Gasteiger partial charge in [0.1, 0.15) is 6.54 Å². The van der Waals surface area contributed by atoms with Crippen LogP contribution >= 0.6 is 0 Å². The molecule has 2 aromatic heterocycles. The van der Waals surface area contributed by atoms with Gasteiger partial charge in [0.15, 0.2) is 11.2 Å². The van der Waals surface area contributed by atoms with Gasteiger partial charge in [0.2, 0.25) is 5.95 Å². The minimum absolute atomic E-state index is 0.141. The summed E-state index contributed by atoms with van der Waals surface area (Å²) in [4.78, 5) is 40.8. The molecule has 0 amide bonds. The molecule has 0 aliphatic carbocycles. The minimum atomic E-state index is -0.485. The average Bonchev–Trinajstić information content (AvgIpc) is 2.96. The molecule has 0 spiro atoms. The zero-order chi connectivity index (χ0) is 17.8. The molecule has 0 saturated carbocycles. The van der Waals surface area contributed by atoms with Crippen molar-refractivity contribution in [1.82, 2.24) is 18.7 Å². The number of ether oxygens (including phenoxy) is 1. The topological polar surface area (TPSA) is 104 Å². The van der Waals surface area contributed by atoms with Crippen molar-refractivity contribution in [2.24, 2.45) is 19.2 Å². The fourth-order valence-electron chi connectivity index (χ4n) is 2.75. The lowest BCUT2D eigenvalue weighted by molar-refractivity contribution is -0.139. The highest BCUT2D eigenvalue weighted by Gasteiger charge is 2.31. The first-order chi connectivity index (χ1) is 11.3. The first-order valence-electron chi connectivity index (χ1n) is 7.35. The Labute approximate surface area is 136 Å². The van der Waals surface area contributed by atoms with Crippen LogP contribution in [0.25, 0.3) is 11.2 Å². The van der Waals surface area contributed by atoms with Crippen LogP contribution in [0.5, 0.6) is 0 Å². The molecule has 0 N–H and O–H groups in total. The van der Waals surface area contributed by atoms with Gasteiger partial charge in [-0.25, -0.2) is 9.80 Å². The first kappa shape index (κ1) is 16.0. The number of imidazole rings is 1. The van der Waals surface area contributed by atoms with Crippen LogP contribution in [-0.4, -0.2) is 44.0 Å². The van der Waals surface area contributed by atoms with E-state index in [0.29, 0.717) is 17.2 Å². The molecule has 0 saturated heterocycles. The van der Waals surface area contributed by atoms with E-state index in [-0.39, 0.29) is 18.2 Å². The van der Waals surface area contributed by atoms with Gasteiger partial charge >= 0.3 is 11.7 Å². The summed E-state index contributed by atoms with van der Waals surface area (Å²) < 4.78 is 8.72. The second kappa shape index (κ2) is 5.32. The molecule has 3 heterocycles. The monoisotopic (exact) mass is 334 g/mol. The summed E-state index contributed by atoms with van der Waals surface area (Å²) in [6, 6.07) is -0.232. The summed E-state index contributed by atoms with van der Waals surface area (Å²) in [6.07, 6.45) is 0. The number of carbonyl (C=O) groups is 1. The first-order valence-corrected chi connectivity index (χ1v) is 7.35. The maximum atomic E-state index is 12.6. The lowest BCUT2D eigenvalue weighted by Gasteiger charge is -2.28. The summed E-state index contributed by atoms with van der Waals surface area (Å²) in [6.45, 7) is 3.54. The maximum absolute atomic E-state index is 12.6. The van der Waals surface area contributed by atoms with Crippen molar-refractivity contribution in [3.63, 3.8) is 0 Å². The molecule has 3 rings (SSSR count). The van der Waals surface area contributed by atoms with Gasteiger partial charge in [0.05, 0.1) is 18.9 Å². The molecular formula is C14H18N6O4. The number of esters is 1. The van der Waals surface area contributed by atoms with E-state index in [1.54, 1.807) is 18.5 Å². The van der Waals surface area contributed by atoms with Crippen molar-refractivity contribution < 1.29 is 9.53 Å². The second-order valence-electron chi connectivity index (χ2n) is 5.71. The molecular weight excluding hydrogens is 316 g/mol. The molecule has 128 valence electrons. The summed E-state index contributed by atoms with van der Waals surface area (Å²) >= 11 is 0. The third kappa shape index (κ3) is 2.06. The Morgan fingerprint density at radius 3 is 2.54 bits per heavy atom. The zero-order valence-corrected chi connectivity index (χ0v) is 14.1. The van der Waals surface area contributed by atoms with Crippen molar-refractivity contribution in [2.45, 2.75) is 19.9 Å². The van der Waals surface area contributed by atoms with Crippen LogP contribution in [-0.2, 0) is 23.6 Å².